The summed E-state index contributed by atoms with van der Waals surface area (Å²) in [6.07, 6.45) is 3.13. The van der Waals surface area contributed by atoms with E-state index in [4.69, 9.17) is 21.1 Å². The Morgan fingerprint density at radius 2 is 1.88 bits per heavy atom. The Labute approximate surface area is 154 Å². The summed E-state index contributed by atoms with van der Waals surface area (Å²) in [6, 6.07) is 9.01. The fourth-order valence-electron chi connectivity index (χ4n) is 2.11. The average molecular weight is 411 g/mol. The molecule has 1 N–H and O–H groups in total. The van der Waals surface area contributed by atoms with E-state index in [1.165, 1.54) is 13.2 Å². The fourth-order valence-corrected chi connectivity index (χ4v) is 2.64. The van der Waals surface area contributed by atoms with E-state index in [2.05, 4.69) is 21.2 Å². The quantitative estimate of drug-likeness (QED) is 0.699. The van der Waals surface area contributed by atoms with Gasteiger partial charge in [0.15, 0.2) is 0 Å². The van der Waals surface area contributed by atoms with Crippen LogP contribution in [0.4, 0.5) is 5.69 Å². The maximum atomic E-state index is 12.2. The third-order valence-corrected chi connectivity index (χ3v) is 4.25. The first kappa shape index (κ1) is 18.4. The lowest BCUT2D eigenvalue weighted by atomic mass is 10.1. The Balaban J connectivity index is 2.20. The Kier molecular flexibility index (Phi) is 6.29. The summed E-state index contributed by atoms with van der Waals surface area (Å²) in [5.41, 5.74) is 2.21. The summed E-state index contributed by atoms with van der Waals surface area (Å²) in [5.74, 6) is 0.909. The van der Waals surface area contributed by atoms with Crippen molar-refractivity contribution < 1.29 is 14.3 Å². The van der Waals surface area contributed by atoms with Gasteiger partial charge in [-0.25, -0.2) is 0 Å². The fraction of sp³-hybridized carbons (Fsp3) is 0.167. The highest BCUT2D eigenvalue weighted by Gasteiger charge is 2.09. The number of rotatable bonds is 5. The first-order valence-electron chi connectivity index (χ1n) is 7.11. The molecule has 0 saturated carbocycles. The molecule has 0 aromatic heterocycles. The number of anilines is 1. The molecule has 0 unspecified atom stereocenters. The maximum absolute atomic E-state index is 12.2. The second kappa shape index (κ2) is 8.22. The maximum Gasteiger partial charge on any atom is 0.248 e. The first-order chi connectivity index (χ1) is 11.4. The van der Waals surface area contributed by atoms with Gasteiger partial charge in [-0.2, -0.15) is 0 Å². The van der Waals surface area contributed by atoms with E-state index >= 15 is 0 Å². The SMILES string of the molecule is COc1ccc(Br)cc1/C=C/C(=O)Nc1cc(C)c(Cl)cc1OC. The average Bonchev–Trinajstić information content (AvgIpc) is 2.56. The van der Waals surface area contributed by atoms with Gasteiger partial charge in [-0.15, -0.1) is 0 Å². The zero-order valence-electron chi connectivity index (χ0n) is 13.5. The monoisotopic (exact) mass is 409 g/mol. The third-order valence-electron chi connectivity index (χ3n) is 3.34. The Morgan fingerprint density at radius 1 is 1.17 bits per heavy atom. The van der Waals surface area contributed by atoms with E-state index in [9.17, 15) is 4.79 Å². The highest BCUT2D eigenvalue weighted by molar-refractivity contribution is 9.10. The molecule has 0 heterocycles. The van der Waals surface area contributed by atoms with E-state index < -0.39 is 0 Å². The van der Waals surface area contributed by atoms with Crippen LogP contribution in [0.5, 0.6) is 11.5 Å². The van der Waals surface area contributed by atoms with E-state index in [-0.39, 0.29) is 5.91 Å². The van der Waals surface area contributed by atoms with E-state index in [1.807, 2.05) is 25.1 Å². The van der Waals surface area contributed by atoms with Gasteiger partial charge >= 0.3 is 0 Å². The first-order valence-corrected chi connectivity index (χ1v) is 8.28. The van der Waals surface area contributed by atoms with Crippen LogP contribution in [0.2, 0.25) is 5.02 Å². The van der Waals surface area contributed by atoms with Crippen LogP contribution in [0.3, 0.4) is 0 Å². The minimum Gasteiger partial charge on any atom is -0.496 e. The molecule has 2 aromatic carbocycles. The van der Waals surface area contributed by atoms with Crippen molar-refractivity contribution in [2.75, 3.05) is 19.5 Å². The van der Waals surface area contributed by atoms with Gasteiger partial charge in [0.05, 0.1) is 19.9 Å². The van der Waals surface area contributed by atoms with Gasteiger partial charge in [0.25, 0.3) is 0 Å². The van der Waals surface area contributed by atoms with Crippen LogP contribution in [0, 0.1) is 6.92 Å². The number of amides is 1. The van der Waals surface area contributed by atoms with Crippen molar-refractivity contribution in [3.05, 3.63) is 57.0 Å². The van der Waals surface area contributed by atoms with Gasteiger partial charge in [-0.1, -0.05) is 27.5 Å². The van der Waals surface area contributed by atoms with Crippen molar-refractivity contribution >= 4 is 45.2 Å². The molecule has 0 bridgehead atoms. The minimum absolute atomic E-state index is 0.281. The summed E-state index contributed by atoms with van der Waals surface area (Å²) < 4.78 is 11.4. The molecule has 0 atom stereocenters. The zero-order valence-corrected chi connectivity index (χ0v) is 15.9. The lowest BCUT2D eigenvalue weighted by molar-refractivity contribution is -0.111. The molecule has 0 spiro atoms. The van der Waals surface area contributed by atoms with Crippen LogP contribution in [-0.2, 0) is 4.79 Å². The number of methoxy groups -OCH3 is 2. The molecule has 1 amide bonds. The summed E-state index contributed by atoms with van der Waals surface area (Å²) >= 11 is 9.47. The number of aryl methyl sites for hydroxylation is 1. The summed E-state index contributed by atoms with van der Waals surface area (Å²) in [7, 11) is 3.11. The van der Waals surface area contributed by atoms with Gasteiger partial charge in [0, 0.05) is 27.2 Å². The summed E-state index contributed by atoms with van der Waals surface area (Å²) in [5, 5.41) is 3.37. The molecule has 4 nitrogen and oxygen atoms in total. The van der Waals surface area contributed by atoms with Crippen molar-refractivity contribution in [2.24, 2.45) is 0 Å². The summed E-state index contributed by atoms with van der Waals surface area (Å²) in [6.45, 7) is 1.86. The van der Waals surface area contributed by atoms with Crippen molar-refractivity contribution in [1.82, 2.24) is 0 Å². The van der Waals surface area contributed by atoms with Crippen LogP contribution in [0.1, 0.15) is 11.1 Å². The number of ether oxygens (including phenoxy) is 2. The molecule has 0 aliphatic rings. The molecule has 0 aliphatic heterocycles. The Hall–Kier alpha value is -1.98. The molecular weight excluding hydrogens is 394 g/mol. The lowest BCUT2D eigenvalue weighted by Crippen LogP contribution is -2.09. The number of benzene rings is 2. The van der Waals surface area contributed by atoms with Gasteiger partial charge in [-0.3, -0.25) is 4.79 Å². The highest BCUT2D eigenvalue weighted by atomic mass is 79.9. The number of carbonyl (C=O) groups is 1. The number of carbonyl (C=O) groups excluding carboxylic acids is 1. The number of nitrogens with one attached hydrogen (secondary N) is 1. The highest BCUT2D eigenvalue weighted by Crippen LogP contribution is 2.31. The Morgan fingerprint density at radius 3 is 2.54 bits per heavy atom. The predicted octanol–water partition coefficient (Wildman–Crippen LogP) is 5.08. The van der Waals surface area contributed by atoms with Crippen molar-refractivity contribution in [2.45, 2.75) is 6.92 Å². The topological polar surface area (TPSA) is 47.6 Å². The van der Waals surface area contributed by atoms with Crippen molar-refractivity contribution in [1.29, 1.82) is 0 Å². The molecule has 24 heavy (non-hydrogen) atoms. The smallest absolute Gasteiger partial charge is 0.248 e. The third kappa shape index (κ3) is 4.52. The van der Waals surface area contributed by atoms with Gasteiger partial charge < -0.3 is 14.8 Å². The van der Waals surface area contributed by atoms with Crippen LogP contribution in [0.15, 0.2) is 40.9 Å². The van der Waals surface area contributed by atoms with Gasteiger partial charge in [-0.05, 0) is 42.8 Å². The minimum atomic E-state index is -0.281. The second-order valence-corrected chi connectivity index (χ2v) is 6.33. The molecule has 2 aromatic rings. The molecular formula is C18H17BrClNO3. The van der Waals surface area contributed by atoms with Gasteiger partial charge in [0.1, 0.15) is 11.5 Å². The van der Waals surface area contributed by atoms with Crippen LogP contribution >= 0.6 is 27.5 Å². The zero-order chi connectivity index (χ0) is 17.7. The molecule has 2 rings (SSSR count). The van der Waals surface area contributed by atoms with E-state index in [0.29, 0.717) is 22.2 Å². The van der Waals surface area contributed by atoms with Crippen LogP contribution < -0.4 is 14.8 Å². The number of hydrogen-bond donors (Lipinski definition) is 1. The van der Waals surface area contributed by atoms with Crippen molar-refractivity contribution in [3.63, 3.8) is 0 Å². The normalized spacial score (nSPS) is 10.7. The van der Waals surface area contributed by atoms with Crippen molar-refractivity contribution in [3.8, 4) is 11.5 Å². The number of halogens is 2. The second-order valence-electron chi connectivity index (χ2n) is 5.01. The van der Waals surface area contributed by atoms with Crippen LogP contribution in [0.25, 0.3) is 6.08 Å². The van der Waals surface area contributed by atoms with E-state index in [1.54, 1.807) is 25.3 Å². The molecule has 0 fully saturated rings. The number of hydrogen-bond acceptors (Lipinski definition) is 3. The molecule has 0 radical (unpaired) electrons. The summed E-state index contributed by atoms with van der Waals surface area (Å²) in [4.78, 5) is 12.2. The molecule has 0 aliphatic carbocycles. The standard InChI is InChI=1S/C18H17BrClNO3/c1-11-8-15(17(24-3)10-14(11)20)21-18(22)7-4-12-9-13(19)5-6-16(12)23-2/h4-10H,1-3H3,(H,21,22)/b7-4+. The predicted molar refractivity (Wildman–Crippen MR) is 101 cm³/mol. The molecule has 126 valence electrons. The lowest BCUT2D eigenvalue weighted by Gasteiger charge is -2.11. The van der Waals surface area contributed by atoms with Gasteiger partial charge in [0.2, 0.25) is 5.91 Å². The molecule has 6 heteroatoms. The Bertz CT molecular complexity index is 790. The van der Waals surface area contributed by atoms with E-state index in [0.717, 1.165) is 15.6 Å². The largest absolute Gasteiger partial charge is 0.496 e. The molecule has 0 saturated heterocycles. The van der Waals surface area contributed by atoms with Crippen LogP contribution in [-0.4, -0.2) is 20.1 Å².